The van der Waals surface area contributed by atoms with Gasteiger partial charge in [0.05, 0.1) is 0 Å². The van der Waals surface area contributed by atoms with Crippen LogP contribution in [0, 0.1) is 0 Å². The van der Waals surface area contributed by atoms with Gasteiger partial charge < -0.3 is 10.2 Å². The number of amides is 2. The Bertz CT molecular complexity index is 807. The van der Waals surface area contributed by atoms with Gasteiger partial charge in [-0.2, -0.15) is 11.8 Å². The third-order valence-electron chi connectivity index (χ3n) is 5.86. The van der Waals surface area contributed by atoms with E-state index in [0.717, 1.165) is 29.9 Å². The summed E-state index contributed by atoms with van der Waals surface area (Å²) in [7, 11) is 0. The van der Waals surface area contributed by atoms with Gasteiger partial charge in [-0.25, -0.2) is 0 Å². The molecule has 2 aromatic rings. The molecule has 0 radical (unpaired) electrons. The number of nitrogens with one attached hydrogen (secondary N) is 1. The molecule has 0 spiro atoms. The molecule has 166 valence electrons. The summed E-state index contributed by atoms with van der Waals surface area (Å²) >= 11 is 1.76. The Morgan fingerprint density at radius 3 is 2.23 bits per heavy atom. The van der Waals surface area contributed by atoms with Crippen LogP contribution in [0.3, 0.4) is 0 Å². The minimum Gasteiger partial charge on any atom is -0.352 e. The van der Waals surface area contributed by atoms with Crippen LogP contribution in [-0.2, 0) is 21.9 Å². The highest BCUT2D eigenvalue weighted by Crippen LogP contribution is 2.20. The molecule has 0 aromatic heterocycles. The molecule has 31 heavy (non-hydrogen) atoms. The Kier molecular flexibility index (Phi) is 9.47. The average Bonchev–Trinajstić information content (AvgIpc) is 3.31. The molecule has 1 unspecified atom stereocenters. The summed E-state index contributed by atoms with van der Waals surface area (Å²) in [6, 6.07) is 20.1. The molecule has 2 aromatic carbocycles. The van der Waals surface area contributed by atoms with Gasteiger partial charge in [0.1, 0.15) is 6.04 Å². The number of carbonyl (C=O) groups is 2. The standard InChI is InChI=1S/C26H34N2O2S/c1-2-24(26(30)27-23-15-9-10-16-23)28(19-21-11-5-3-6-12-21)25(29)17-18-31-20-22-13-7-4-8-14-22/h3-8,11-14,23-24H,2,9-10,15-20H2,1H3,(H,27,30). The molecule has 1 aliphatic carbocycles. The first-order valence-electron chi connectivity index (χ1n) is 11.4. The normalized spacial score (nSPS) is 14.9. The zero-order valence-corrected chi connectivity index (χ0v) is 19.3. The summed E-state index contributed by atoms with van der Waals surface area (Å²) in [5.74, 6) is 1.69. The lowest BCUT2D eigenvalue weighted by molar-refractivity contribution is -0.141. The summed E-state index contributed by atoms with van der Waals surface area (Å²) in [4.78, 5) is 28.1. The molecule has 0 aliphatic heterocycles. The lowest BCUT2D eigenvalue weighted by atomic mass is 10.1. The fraction of sp³-hybridized carbons (Fsp3) is 0.462. The van der Waals surface area contributed by atoms with Crippen LogP contribution >= 0.6 is 11.8 Å². The molecule has 0 saturated heterocycles. The molecule has 1 aliphatic rings. The van der Waals surface area contributed by atoms with Crippen LogP contribution in [-0.4, -0.2) is 34.6 Å². The second-order valence-corrected chi connectivity index (χ2v) is 9.31. The van der Waals surface area contributed by atoms with E-state index in [1.165, 1.54) is 18.4 Å². The Morgan fingerprint density at radius 1 is 1.00 bits per heavy atom. The third-order valence-corrected chi connectivity index (χ3v) is 6.89. The molecule has 1 fully saturated rings. The van der Waals surface area contributed by atoms with E-state index in [2.05, 4.69) is 17.4 Å². The average molecular weight is 439 g/mol. The number of rotatable bonds is 11. The maximum absolute atomic E-state index is 13.2. The Hall–Kier alpha value is -2.27. The van der Waals surface area contributed by atoms with E-state index in [0.29, 0.717) is 19.4 Å². The van der Waals surface area contributed by atoms with Gasteiger partial charge in [-0.1, -0.05) is 80.4 Å². The molecular formula is C26H34N2O2S. The molecule has 1 N–H and O–H groups in total. The predicted octanol–water partition coefficient (Wildman–Crippen LogP) is 5.18. The topological polar surface area (TPSA) is 49.4 Å². The number of hydrogen-bond acceptors (Lipinski definition) is 3. The van der Waals surface area contributed by atoms with Crippen molar-refractivity contribution in [1.29, 1.82) is 0 Å². The molecule has 2 amide bonds. The van der Waals surface area contributed by atoms with E-state index < -0.39 is 6.04 Å². The van der Waals surface area contributed by atoms with E-state index in [-0.39, 0.29) is 17.9 Å². The van der Waals surface area contributed by atoms with Crippen molar-refractivity contribution in [3.63, 3.8) is 0 Å². The second-order valence-electron chi connectivity index (χ2n) is 8.21. The van der Waals surface area contributed by atoms with Gasteiger partial charge in [-0.05, 0) is 30.4 Å². The quantitative estimate of drug-likeness (QED) is 0.492. The van der Waals surface area contributed by atoms with Gasteiger partial charge >= 0.3 is 0 Å². The molecule has 1 saturated carbocycles. The zero-order chi connectivity index (χ0) is 21.9. The van der Waals surface area contributed by atoms with Crippen LogP contribution in [0.15, 0.2) is 60.7 Å². The van der Waals surface area contributed by atoms with Crippen molar-refractivity contribution < 1.29 is 9.59 Å². The molecule has 5 heteroatoms. The van der Waals surface area contributed by atoms with Crippen molar-refractivity contribution in [2.75, 3.05) is 5.75 Å². The Morgan fingerprint density at radius 2 is 1.61 bits per heavy atom. The van der Waals surface area contributed by atoms with Crippen molar-refractivity contribution in [3.05, 3.63) is 71.8 Å². The maximum atomic E-state index is 13.2. The summed E-state index contributed by atoms with van der Waals surface area (Å²) in [6.45, 7) is 2.47. The summed E-state index contributed by atoms with van der Waals surface area (Å²) in [5, 5.41) is 3.20. The Labute approximate surface area is 190 Å². The summed E-state index contributed by atoms with van der Waals surface area (Å²) < 4.78 is 0. The second kappa shape index (κ2) is 12.6. The minimum atomic E-state index is -0.424. The number of nitrogens with zero attached hydrogens (tertiary/aromatic N) is 1. The van der Waals surface area contributed by atoms with E-state index in [1.54, 1.807) is 16.7 Å². The Balaban J connectivity index is 1.62. The van der Waals surface area contributed by atoms with Gasteiger partial charge in [-0.3, -0.25) is 9.59 Å². The SMILES string of the molecule is CCC(C(=O)NC1CCCC1)N(Cc1ccccc1)C(=O)CCSCc1ccccc1. The largest absolute Gasteiger partial charge is 0.352 e. The van der Waals surface area contributed by atoms with Crippen molar-refractivity contribution in [3.8, 4) is 0 Å². The van der Waals surface area contributed by atoms with Crippen LogP contribution < -0.4 is 5.32 Å². The minimum absolute atomic E-state index is 0.00406. The summed E-state index contributed by atoms with van der Waals surface area (Å²) in [5.41, 5.74) is 2.32. The van der Waals surface area contributed by atoms with Crippen LogP contribution in [0.25, 0.3) is 0 Å². The number of benzene rings is 2. The van der Waals surface area contributed by atoms with Crippen molar-refractivity contribution in [2.45, 2.75) is 69.8 Å². The van der Waals surface area contributed by atoms with Crippen LogP contribution in [0.4, 0.5) is 0 Å². The number of thioether (sulfide) groups is 1. The number of hydrogen-bond donors (Lipinski definition) is 1. The highest BCUT2D eigenvalue weighted by molar-refractivity contribution is 7.98. The van der Waals surface area contributed by atoms with Gasteiger partial charge in [0.2, 0.25) is 11.8 Å². The smallest absolute Gasteiger partial charge is 0.243 e. The first-order chi connectivity index (χ1) is 15.2. The first kappa shape index (κ1) is 23.4. The van der Waals surface area contributed by atoms with Crippen LogP contribution in [0.2, 0.25) is 0 Å². The van der Waals surface area contributed by atoms with E-state index >= 15 is 0 Å². The van der Waals surface area contributed by atoms with Gasteiger partial charge in [0, 0.05) is 30.5 Å². The van der Waals surface area contributed by atoms with Crippen LogP contribution in [0.5, 0.6) is 0 Å². The highest BCUT2D eigenvalue weighted by Gasteiger charge is 2.30. The zero-order valence-electron chi connectivity index (χ0n) is 18.5. The van der Waals surface area contributed by atoms with E-state index in [4.69, 9.17) is 0 Å². The third kappa shape index (κ3) is 7.42. The van der Waals surface area contributed by atoms with Crippen molar-refractivity contribution in [2.24, 2.45) is 0 Å². The lowest BCUT2D eigenvalue weighted by Crippen LogP contribution is -2.51. The molecule has 4 nitrogen and oxygen atoms in total. The van der Waals surface area contributed by atoms with Gasteiger partial charge in [-0.15, -0.1) is 0 Å². The monoisotopic (exact) mass is 438 g/mol. The molecular weight excluding hydrogens is 404 g/mol. The van der Waals surface area contributed by atoms with E-state index in [9.17, 15) is 9.59 Å². The van der Waals surface area contributed by atoms with Crippen molar-refractivity contribution in [1.82, 2.24) is 10.2 Å². The van der Waals surface area contributed by atoms with Crippen molar-refractivity contribution >= 4 is 23.6 Å². The lowest BCUT2D eigenvalue weighted by Gasteiger charge is -2.31. The molecule has 0 bridgehead atoms. The molecule has 0 heterocycles. The number of carbonyl (C=O) groups excluding carboxylic acids is 2. The fourth-order valence-electron chi connectivity index (χ4n) is 4.13. The fourth-order valence-corrected chi connectivity index (χ4v) is 5.03. The maximum Gasteiger partial charge on any atom is 0.243 e. The van der Waals surface area contributed by atoms with Gasteiger partial charge in [0.15, 0.2) is 0 Å². The molecule has 3 rings (SSSR count). The highest BCUT2D eigenvalue weighted by atomic mass is 32.2. The molecule has 1 atom stereocenters. The first-order valence-corrected chi connectivity index (χ1v) is 12.6. The van der Waals surface area contributed by atoms with Gasteiger partial charge in [0.25, 0.3) is 0 Å². The van der Waals surface area contributed by atoms with E-state index in [1.807, 2.05) is 55.5 Å². The predicted molar refractivity (Wildman–Crippen MR) is 129 cm³/mol. The summed E-state index contributed by atoms with van der Waals surface area (Å²) in [6.07, 6.45) is 5.50. The van der Waals surface area contributed by atoms with Crippen LogP contribution in [0.1, 0.15) is 56.6 Å².